The van der Waals surface area contributed by atoms with Crippen molar-refractivity contribution in [3.05, 3.63) is 42.5 Å². The molecule has 4 aliphatic carbocycles. The molecule has 2 heterocycles. The fraction of sp³-hybridized carbons (Fsp3) is 0.462. The molecule has 4 saturated carbocycles. The molecule has 4 N–H and O–H groups in total. The SMILES string of the molecule is COc1cc(-c2cnn(C)c2)cc(-c2cnc(N)c(C(=O)NC3C4CC5CC3CC(O)(C5)C4)n2)c1. The highest BCUT2D eigenvalue weighted by atomic mass is 16.5. The third-order valence-electron chi connectivity index (χ3n) is 8.03. The van der Waals surface area contributed by atoms with Crippen LogP contribution in [0, 0.1) is 17.8 Å². The number of carbonyl (C=O) groups is 1. The van der Waals surface area contributed by atoms with Gasteiger partial charge in [0.25, 0.3) is 5.91 Å². The molecule has 4 aliphatic rings. The van der Waals surface area contributed by atoms with Gasteiger partial charge in [0.05, 0.1) is 30.8 Å². The number of aryl methyl sites for hydroxylation is 1. The Bertz CT molecular complexity index is 1290. The third-order valence-corrected chi connectivity index (χ3v) is 8.03. The fourth-order valence-electron chi connectivity index (χ4n) is 6.74. The highest BCUT2D eigenvalue weighted by Crippen LogP contribution is 2.55. The van der Waals surface area contributed by atoms with Crippen molar-refractivity contribution in [2.45, 2.75) is 43.7 Å². The van der Waals surface area contributed by atoms with Gasteiger partial charge >= 0.3 is 0 Å². The number of ether oxygens (including phenoxy) is 1. The average Bonchev–Trinajstić information content (AvgIpc) is 3.26. The first-order valence-corrected chi connectivity index (χ1v) is 12.1. The minimum atomic E-state index is -0.547. The molecule has 2 aromatic heterocycles. The molecular formula is C26H30N6O3. The zero-order chi connectivity index (χ0) is 24.3. The van der Waals surface area contributed by atoms with Crippen molar-refractivity contribution in [2.24, 2.45) is 24.8 Å². The second-order valence-electron chi connectivity index (χ2n) is 10.5. The number of aliphatic hydroxyl groups is 1. The van der Waals surface area contributed by atoms with Crippen LogP contribution >= 0.6 is 0 Å². The van der Waals surface area contributed by atoms with E-state index in [4.69, 9.17) is 10.5 Å². The van der Waals surface area contributed by atoms with Gasteiger partial charge in [-0.25, -0.2) is 9.97 Å². The molecule has 0 spiro atoms. The standard InChI is InChI=1S/C26H30N6O3/c1-32-13-19(11-29-32)15-5-16(7-20(6-15)35-2)21-12-28-24(27)23(30-21)25(33)31-22-17-3-14-4-18(22)10-26(34,8-14)9-17/h5-7,11-14,17-18,22,34H,3-4,8-10H2,1-2H3,(H2,27,28)(H,31,33). The summed E-state index contributed by atoms with van der Waals surface area (Å²) in [6.45, 7) is 0. The maximum Gasteiger partial charge on any atom is 0.273 e. The topological polar surface area (TPSA) is 128 Å². The van der Waals surface area contributed by atoms with Gasteiger partial charge in [0.2, 0.25) is 0 Å². The number of amides is 1. The largest absolute Gasteiger partial charge is 0.497 e. The van der Waals surface area contributed by atoms with Crippen LogP contribution < -0.4 is 15.8 Å². The fourth-order valence-corrected chi connectivity index (χ4v) is 6.74. The van der Waals surface area contributed by atoms with Gasteiger partial charge in [0, 0.05) is 30.4 Å². The van der Waals surface area contributed by atoms with Crippen LogP contribution in [-0.4, -0.2) is 49.5 Å². The summed E-state index contributed by atoms with van der Waals surface area (Å²) in [4.78, 5) is 22.3. The lowest BCUT2D eigenvalue weighted by Gasteiger charge is -2.58. The summed E-state index contributed by atoms with van der Waals surface area (Å²) < 4.78 is 7.25. The van der Waals surface area contributed by atoms with E-state index in [-0.39, 0.29) is 23.5 Å². The van der Waals surface area contributed by atoms with Crippen LogP contribution in [0.4, 0.5) is 5.82 Å². The molecule has 0 radical (unpaired) electrons. The lowest BCUT2D eigenvalue weighted by atomic mass is 9.52. The average molecular weight is 475 g/mol. The normalized spacial score (nSPS) is 28.8. The summed E-state index contributed by atoms with van der Waals surface area (Å²) in [5.74, 6) is 1.63. The van der Waals surface area contributed by atoms with Crippen molar-refractivity contribution in [2.75, 3.05) is 12.8 Å². The van der Waals surface area contributed by atoms with E-state index in [0.717, 1.165) is 48.8 Å². The van der Waals surface area contributed by atoms with Gasteiger partial charge in [-0.2, -0.15) is 5.10 Å². The van der Waals surface area contributed by atoms with Gasteiger partial charge in [-0.3, -0.25) is 9.48 Å². The number of rotatable bonds is 5. The van der Waals surface area contributed by atoms with E-state index in [0.29, 0.717) is 29.2 Å². The summed E-state index contributed by atoms with van der Waals surface area (Å²) in [7, 11) is 3.48. The number of nitrogens with zero attached hydrogens (tertiary/aromatic N) is 4. The van der Waals surface area contributed by atoms with E-state index >= 15 is 0 Å². The van der Waals surface area contributed by atoms with Crippen molar-refractivity contribution in [3.63, 3.8) is 0 Å². The number of nitrogens with one attached hydrogen (secondary N) is 1. The minimum absolute atomic E-state index is 0.0400. The van der Waals surface area contributed by atoms with Gasteiger partial charge in [-0.1, -0.05) is 0 Å². The number of hydrogen-bond acceptors (Lipinski definition) is 7. The lowest BCUT2D eigenvalue weighted by Crippen LogP contribution is -2.61. The highest BCUT2D eigenvalue weighted by molar-refractivity contribution is 5.97. The Kier molecular flexibility index (Phi) is 5.07. The predicted octanol–water partition coefficient (Wildman–Crippen LogP) is 2.80. The van der Waals surface area contributed by atoms with E-state index < -0.39 is 5.60 Å². The van der Waals surface area contributed by atoms with E-state index in [9.17, 15) is 9.90 Å². The number of nitrogens with two attached hydrogens (primary N) is 1. The van der Waals surface area contributed by atoms with Crippen LogP contribution in [0.1, 0.15) is 42.6 Å². The Balaban J connectivity index is 1.29. The second kappa shape index (κ2) is 8.05. The molecule has 182 valence electrons. The van der Waals surface area contributed by atoms with Crippen molar-refractivity contribution in [1.82, 2.24) is 25.1 Å². The highest BCUT2D eigenvalue weighted by Gasteiger charge is 2.55. The maximum atomic E-state index is 13.3. The van der Waals surface area contributed by atoms with Crippen molar-refractivity contribution in [1.29, 1.82) is 0 Å². The third kappa shape index (κ3) is 3.93. The first kappa shape index (κ1) is 22.0. The smallest absolute Gasteiger partial charge is 0.273 e. The molecule has 3 aromatic rings. The Morgan fingerprint density at radius 1 is 1.14 bits per heavy atom. The molecule has 4 fully saturated rings. The van der Waals surface area contributed by atoms with Gasteiger partial charge in [0.1, 0.15) is 5.75 Å². The van der Waals surface area contributed by atoms with Crippen molar-refractivity contribution < 1.29 is 14.6 Å². The number of methoxy groups -OCH3 is 1. The van der Waals surface area contributed by atoms with Crippen molar-refractivity contribution in [3.8, 4) is 28.1 Å². The Morgan fingerprint density at radius 2 is 1.89 bits per heavy atom. The number of nitrogen functional groups attached to an aromatic ring is 1. The summed E-state index contributed by atoms with van der Waals surface area (Å²) >= 11 is 0. The second-order valence-corrected chi connectivity index (χ2v) is 10.5. The lowest BCUT2D eigenvalue weighted by molar-refractivity contribution is -0.136. The van der Waals surface area contributed by atoms with Crippen LogP contribution in [0.15, 0.2) is 36.8 Å². The number of benzene rings is 1. The van der Waals surface area contributed by atoms with Gasteiger partial charge in [-0.15, -0.1) is 0 Å². The minimum Gasteiger partial charge on any atom is -0.497 e. The molecule has 35 heavy (non-hydrogen) atoms. The number of aromatic nitrogens is 4. The Morgan fingerprint density at radius 3 is 2.54 bits per heavy atom. The summed E-state index contributed by atoms with van der Waals surface area (Å²) in [6.07, 6.45) is 9.83. The summed E-state index contributed by atoms with van der Waals surface area (Å²) in [5.41, 5.74) is 8.85. The summed E-state index contributed by atoms with van der Waals surface area (Å²) in [6, 6.07) is 5.80. The van der Waals surface area contributed by atoms with Crippen LogP contribution in [-0.2, 0) is 7.05 Å². The molecule has 1 aromatic carbocycles. The zero-order valence-electron chi connectivity index (χ0n) is 19.9. The first-order chi connectivity index (χ1) is 16.8. The number of hydrogen-bond donors (Lipinski definition) is 3. The predicted molar refractivity (Wildman–Crippen MR) is 130 cm³/mol. The first-order valence-electron chi connectivity index (χ1n) is 12.1. The molecule has 2 atom stereocenters. The van der Waals surface area contributed by atoms with Gasteiger partial charge in [0.15, 0.2) is 11.5 Å². The van der Waals surface area contributed by atoms with Gasteiger partial charge in [-0.05, 0) is 73.6 Å². The Hall–Kier alpha value is -3.46. The van der Waals surface area contributed by atoms with E-state index in [2.05, 4.69) is 20.4 Å². The molecule has 0 aliphatic heterocycles. The zero-order valence-corrected chi connectivity index (χ0v) is 19.9. The number of carbonyl (C=O) groups excluding carboxylic acids is 1. The number of anilines is 1. The van der Waals surface area contributed by atoms with E-state index in [1.807, 2.05) is 31.4 Å². The van der Waals surface area contributed by atoms with Crippen LogP contribution in [0.5, 0.6) is 5.75 Å². The molecule has 7 rings (SSSR count). The van der Waals surface area contributed by atoms with Crippen LogP contribution in [0.3, 0.4) is 0 Å². The molecule has 1 amide bonds. The molecule has 9 heteroatoms. The van der Waals surface area contributed by atoms with E-state index in [1.54, 1.807) is 24.2 Å². The molecular weight excluding hydrogens is 444 g/mol. The summed E-state index contributed by atoms with van der Waals surface area (Å²) in [5, 5.41) is 18.3. The molecule has 4 bridgehead atoms. The monoisotopic (exact) mass is 474 g/mol. The quantitative estimate of drug-likeness (QED) is 0.519. The molecule has 0 saturated heterocycles. The van der Waals surface area contributed by atoms with Crippen LogP contribution in [0.2, 0.25) is 0 Å². The Labute approximate surface area is 203 Å². The van der Waals surface area contributed by atoms with Crippen molar-refractivity contribution >= 4 is 11.7 Å². The molecule has 9 nitrogen and oxygen atoms in total. The van der Waals surface area contributed by atoms with Gasteiger partial charge < -0.3 is 20.9 Å². The van der Waals surface area contributed by atoms with E-state index in [1.165, 1.54) is 0 Å². The van der Waals surface area contributed by atoms with Crippen LogP contribution in [0.25, 0.3) is 22.4 Å². The molecule has 2 unspecified atom stereocenters. The maximum absolute atomic E-state index is 13.3.